The van der Waals surface area contributed by atoms with Crippen LogP contribution in [0.1, 0.15) is 36.0 Å². The van der Waals surface area contributed by atoms with Gasteiger partial charge in [0.2, 0.25) is 5.91 Å². The van der Waals surface area contributed by atoms with E-state index in [0.29, 0.717) is 30.2 Å². The molecule has 2 amide bonds. The van der Waals surface area contributed by atoms with Crippen LogP contribution in [0.3, 0.4) is 0 Å². The van der Waals surface area contributed by atoms with E-state index in [1.54, 1.807) is 0 Å². The van der Waals surface area contributed by atoms with Crippen molar-refractivity contribution in [1.29, 1.82) is 0 Å². The summed E-state index contributed by atoms with van der Waals surface area (Å²) in [6.45, 7) is 0. The van der Waals surface area contributed by atoms with Crippen molar-refractivity contribution in [2.75, 3.05) is 7.11 Å². The van der Waals surface area contributed by atoms with E-state index >= 15 is 0 Å². The van der Waals surface area contributed by atoms with E-state index in [2.05, 4.69) is 26.8 Å². The van der Waals surface area contributed by atoms with Crippen molar-refractivity contribution in [2.24, 2.45) is 11.8 Å². The van der Waals surface area contributed by atoms with E-state index in [9.17, 15) is 18.8 Å². The number of rotatable bonds is 3. The Morgan fingerprint density at radius 2 is 1.75 bits per heavy atom. The molecule has 0 aliphatic heterocycles. The number of hydrazine groups is 1. The maximum Gasteiger partial charge on any atom is 0.308 e. The van der Waals surface area contributed by atoms with Gasteiger partial charge < -0.3 is 4.74 Å². The van der Waals surface area contributed by atoms with Gasteiger partial charge in [-0.3, -0.25) is 25.2 Å². The smallest absolute Gasteiger partial charge is 0.308 e. The van der Waals surface area contributed by atoms with Crippen LogP contribution in [0.15, 0.2) is 22.7 Å². The molecule has 0 bridgehead atoms. The van der Waals surface area contributed by atoms with Crippen molar-refractivity contribution in [3.8, 4) is 0 Å². The molecule has 0 radical (unpaired) electrons. The molecule has 2 N–H and O–H groups in total. The Hall–Kier alpha value is -1.96. The maximum atomic E-state index is 13.7. The Morgan fingerprint density at radius 3 is 2.33 bits per heavy atom. The van der Waals surface area contributed by atoms with E-state index in [-0.39, 0.29) is 29.3 Å². The molecule has 0 aromatic heterocycles. The number of hydrogen-bond donors (Lipinski definition) is 2. The summed E-state index contributed by atoms with van der Waals surface area (Å²) in [6.07, 6.45) is 2.21. The van der Waals surface area contributed by atoms with Crippen molar-refractivity contribution in [3.05, 3.63) is 34.1 Å². The van der Waals surface area contributed by atoms with Crippen molar-refractivity contribution in [1.82, 2.24) is 10.9 Å². The average Bonchev–Trinajstić information content (AvgIpc) is 2.58. The summed E-state index contributed by atoms with van der Waals surface area (Å²) in [7, 11) is 1.35. The summed E-state index contributed by atoms with van der Waals surface area (Å²) in [4.78, 5) is 35.4. The third-order valence-corrected chi connectivity index (χ3v) is 4.60. The van der Waals surface area contributed by atoms with Gasteiger partial charge in [0.05, 0.1) is 18.6 Å². The van der Waals surface area contributed by atoms with E-state index in [4.69, 9.17) is 4.74 Å². The number of amides is 2. The second-order valence-corrected chi connectivity index (χ2v) is 6.55. The summed E-state index contributed by atoms with van der Waals surface area (Å²) < 4.78 is 18.9. The van der Waals surface area contributed by atoms with E-state index in [1.165, 1.54) is 25.3 Å². The minimum atomic E-state index is -0.725. The number of carbonyl (C=O) groups excluding carboxylic acids is 3. The first kappa shape index (κ1) is 18.4. The Balaban J connectivity index is 1.83. The van der Waals surface area contributed by atoms with Crippen molar-refractivity contribution >= 4 is 33.7 Å². The van der Waals surface area contributed by atoms with E-state index in [1.807, 2.05) is 0 Å². The topological polar surface area (TPSA) is 84.5 Å². The zero-order valence-electron chi connectivity index (χ0n) is 13.1. The molecule has 0 unspecified atom stereocenters. The van der Waals surface area contributed by atoms with Gasteiger partial charge in [0.25, 0.3) is 5.91 Å². The zero-order chi connectivity index (χ0) is 17.7. The lowest BCUT2D eigenvalue weighted by atomic mass is 9.82. The van der Waals surface area contributed by atoms with Crippen LogP contribution in [-0.2, 0) is 14.3 Å². The molecule has 0 atom stereocenters. The molecule has 24 heavy (non-hydrogen) atoms. The first-order valence-corrected chi connectivity index (χ1v) is 8.34. The van der Waals surface area contributed by atoms with Crippen LogP contribution in [0.4, 0.5) is 4.39 Å². The summed E-state index contributed by atoms with van der Waals surface area (Å²) in [5.41, 5.74) is 4.37. The van der Waals surface area contributed by atoms with Crippen LogP contribution in [0.2, 0.25) is 0 Å². The number of carbonyl (C=O) groups is 3. The molecule has 1 saturated carbocycles. The predicted molar refractivity (Wildman–Crippen MR) is 87.2 cm³/mol. The highest BCUT2D eigenvalue weighted by Crippen LogP contribution is 2.29. The Bertz CT molecular complexity index is 645. The average molecular weight is 401 g/mol. The predicted octanol–water partition coefficient (Wildman–Crippen LogP) is 2.33. The summed E-state index contributed by atoms with van der Waals surface area (Å²) >= 11 is 3.11. The maximum absolute atomic E-state index is 13.7. The van der Waals surface area contributed by atoms with Crippen molar-refractivity contribution in [2.45, 2.75) is 25.7 Å². The van der Waals surface area contributed by atoms with Crippen LogP contribution < -0.4 is 10.9 Å². The number of nitrogens with one attached hydrogen (secondary N) is 2. The summed E-state index contributed by atoms with van der Waals surface area (Å²) in [5, 5.41) is 0. The summed E-state index contributed by atoms with van der Waals surface area (Å²) in [6, 6.07) is 4.03. The van der Waals surface area contributed by atoms with Gasteiger partial charge in [0.15, 0.2) is 0 Å². The Labute approximate surface area is 147 Å². The van der Waals surface area contributed by atoms with Crippen LogP contribution in [0.5, 0.6) is 0 Å². The quantitative estimate of drug-likeness (QED) is 0.602. The monoisotopic (exact) mass is 400 g/mol. The van der Waals surface area contributed by atoms with Crippen molar-refractivity contribution < 1.29 is 23.5 Å². The molecular formula is C16H18BrFN2O4. The number of hydrogen-bond acceptors (Lipinski definition) is 4. The van der Waals surface area contributed by atoms with Crippen LogP contribution in [0.25, 0.3) is 0 Å². The fourth-order valence-electron chi connectivity index (χ4n) is 2.72. The van der Waals surface area contributed by atoms with Gasteiger partial charge >= 0.3 is 5.97 Å². The van der Waals surface area contributed by atoms with Gasteiger partial charge in [-0.2, -0.15) is 0 Å². The highest BCUT2D eigenvalue weighted by Gasteiger charge is 2.30. The van der Waals surface area contributed by atoms with E-state index in [0.717, 1.165) is 0 Å². The van der Waals surface area contributed by atoms with Crippen LogP contribution in [-0.4, -0.2) is 24.9 Å². The molecule has 0 saturated heterocycles. The lowest BCUT2D eigenvalue weighted by molar-refractivity contribution is -0.147. The van der Waals surface area contributed by atoms with Gasteiger partial charge in [-0.25, -0.2) is 4.39 Å². The molecule has 0 spiro atoms. The van der Waals surface area contributed by atoms with Crippen LogP contribution in [0, 0.1) is 17.7 Å². The fraction of sp³-hybridized carbons (Fsp3) is 0.438. The number of halogens is 2. The molecule has 1 aromatic rings. The molecule has 1 aromatic carbocycles. The number of benzene rings is 1. The van der Waals surface area contributed by atoms with Gasteiger partial charge in [0, 0.05) is 10.4 Å². The Kier molecular flexibility index (Phi) is 6.30. The molecule has 2 rings (SSSR count). The van der Waals surface area contributed by atoms with Gasteiger partial charge in [-0.15, -0.1) is 0 Å². The standard InChI is InChI=1S/C16H18BrFN2O4/c1-24-16(23)10-4-2-9(3-5-10)14(21)19-20-15(22)12-7-6-11(17)8-13(12)18/h6-10H,2-5H2,1H3,(H,19,21)(H,20,22)/t9-,10-. The second-order valence-electron chi connectivity index (χ2n) is 5.64. The molecule has 1 aliphatic carbocycles. The lowest BCUT2D eigenvalue weighted by Crippen LogP contribution is -2.45. The first-order valence-electron chi connectivity index (χ1n) is 7.55. The first-order chi connectivity index (χ1) is 11.4. The number of esters is 1. The molecule has 0 heterocycles. The fourth-order valence-corrected chi connectivity index (χ4v) is 3.05. The van der Waals surface area contributed by atoms with Crippen LogP contribution >= 0.6 is 15.9 Å². The third-order valence-electron chi connectivity index (χ3n) is 4.11. The third kappa shape index (κ3) is 4.53. The summed E-state index contributed by atoms with van der Waals surface area (Å²) in [5.74, 6) is -2.48. The highest BCUT2D eigenvalue weighted by molar-refractivity contribution is 9.10. The van der Waals surface area contributed by atoms with Gasteiger partial charge in [-0.1, -0.05) is 15.9 Å². The highest BCUT2D eigenvalue weighted by atomic mass is 79.9. The molecular weight excluding hydrogens is 383 g/mol. The second kappa shape index (κ2) is 8.23. The number of methoxy groups -OCH3 is 1. The molecule has 130 valence electrons. The normalized spacial score (nSPS) is 20.1. The van der Waals surface area contributed by atoms with Crippen molar-refractivity contribution in [3.63, 3.8) is 0 Å². The van der Waals surface area contributed by atoms with Gasteiger partial charge in [0.1, 0.15) is 5.82 Å². The van der Waals surface area contributed by atoms with Gasteiger partial charge in [-0.05, 0) is 43.9 Å². The Morgan fingerprint density at radius 1 is 1.12 bits per heavy atom. The zero-order valence-corrected chi connectivity index (χ0v) is 14.7. The minimum absolute atomic E-state index is 0.159. The molecule has 1 aliphatic rings. The molecule has 8 heteroatoms. The van der Waals surface area contributed by atoms with E-state index < -0.39 is 11.7 Å². The SMILES string of the molecule is COC(=O)[C@H]1CC[C@H](C(=O)NNC(=O)c2ccc(Br)cc2F)CC1. The molecule has 1 fully saturated rings. The minimum Gasteiger partial charge on any atom is -0.469 e. The lowest BCUT2D eigenvalue weighted by Gasteiger charge is -2.26. The molecule has 6 nitrogen and oxygen atoms in total. The largest absolute Gasteiger partial charge is 0.469 e. The number of ether oxygens (including phenoxy) is 1.